The van der Waals surface area contributed by atoms with Crippen molar-refractivity contribution in [1.29, 1.82) is 0 Å². The summed E-state index contributed by atoms with van der Waals surface area (Å²) >= 11 is 0. The number of unbranched alkanes of at least 4 members (excludes halogenated alkanes) is 1. The van der Waals surface area contributed by atoms with Crippen molar-refractivity contribution in [3.8, 4) is 11.8 Å². The number of aldehydes is 1. The van der Waals surface area contributed by atoms with Gasteiger partial charge in [-0.3, -0.25) is 9.59 Å². The average molecular weight is 350 g/mol. The second kappa shape index (κ2) is 9.33. The first kappa shape index (κ1) is 19.1. The third kappa shape index (κ3) is 4.90. The Morgan fingerprint density at radius 3 is 2.85 bits per heavy atom. The highest BCUT2D eigenvalue weighted by atomic mass is 16.2. The van der Waals surface area contributed by atoms with Gasteiger partial charge in [-0.25, -0.2) is 9.97 Å². The maximum Gasteiger partial charge on any atom is 0.254 e. The molecule has 134 valence electrons. The summed E-state index contributed by atoms with van der Waals surface area (Å²) in [5.74, 6) is 7.38. The molecule has 0 fully saturated rings. The van der Waals surface area contributed by atoms with Gasteiger partial charge in [-0.15, -0.1) is 0 Å². The van der Waals surface area contributed by atoms with E-state index in [1.165, 1.54) is 0 Å². The smallest absolute Gasteiger partial charge is 0.254 e. The number of hydrogen-bond acceptors (Lipinski definition) is 5. The summed E-state index contributed by atoms with van der Waals surface area (Å²) in [6.45, 7) is 2.39. The first-order valence-electron chi connectivity index (χ1n) is 8.36. The molecular weight excluding hydrogens is 328 g/mol. The van der Waals surface area contributed by atoms with Crippen LogP contribution >= 0.6 is 0 Å². The molecule has 0 spiro atoms. The van der Waals surface area contributed by atoms with Crippen molar-refractivity contribution in [2.24, 2.45) is 0 Å². The molecule has 0 saturated heterocycles. The van der Waals surface area contributed by atoms with E-state index in [2.05, 4.69) is 27.1 Å². The van der Waals surface area contributed by atoms with Gasteiger partial charge < -0.3 is 10.2 Å². The molecular formula is C20H22N4O2. The molecule has 0 saturated carbocycles. The van der Waals surface area contributed by atoms with Crippen molar-refractivity contribution in [2.45, 2.75) is 19.8 Å². The van der Waals surface area contributed by atoms with Gasteiger partial charge in [0.1, 0.15) is 11.6 Å². The first-order chi connectivity index (χ1) is 12.6. The summed E-state index contributed by atoms with van der Waals surface area (Å²) in [5, 5.41) is 3.00. The van der Waals surface area contributed by atoms with Gasteiger partial charge in [-0.1, -0.05) is 30.0 Å². The van der Waals surface area contributed by atoms with Gasteiger partial charge in [-0.2, -0.15) is 0 Å². The third-order valence-corrected chi connectivity index (χ3v) is 3.83. The number of hydrogen-bond donors (Lipinski definition) is 1. The molecule has 1 heterocycles. The van der Waals surface area contributed by atoms with Crippen LogP contribution < -0.4 is 5.32 Å². The lowest BCUT2D eigenvalue weighted by molar-refractivity contribution is 0.0791. The summed E-state index contributed by atoms with van der Waals surface area (Å²) in [5.41, 5.74) is 1.58. The zero-order valence-corrected chi connectivity index (χ0v) is 15.2. The summed E-state index contributed by atoms with van der Waals surface area (Å²) in [6.07, 6.45) is 3.78. The van der Waals surface area contributed by atoms with Crippen molar-refractivity contribution in [1.82, 2.24) is 14.9 Å². The molecule has 0 atom stereocenters. The molecule has 0 radical (unpaired) electrons. The Bertz CT molecular complexity index is 852. The van der Waals surface area contributed by atoms with Gasteiger partial charge >= 0.3 is 0 Å². The number of aromatic nitrogens is 2. The van der Waals surface area contributed by atoms with Crippen LogP contribution in [0.25, 0.3) is 0 Å². The molecule has 1 N–H and O–H groups in total. The lowest BCUT2D eigenvalue weighted by atomic mass is 10.1. The topological polar surface area (TPSA) is 75.2 Å². The highest BCUT2D eigenvalue weighted by molar-refractivity contribution is 6.01. The zero-order chi connectivity index (χ0) is 18.9. The van der Waals surface area contributed by atoms with Crippen molar-refractivity contribution in [2.75, 3.05) is 26.0 Å². The van der Waals surface area contributed by atoms with Crippen LogP contribution in [0.15, 0.2) is 30.5 Å². The van der Waals surface area contributed by atoms with Crippen LogP contribution in [0.3, 0.4) is 0 Å². The second-order valence-corrected chi connectivity index (χ2v) is 5.77. The minimum absolute atomic E-state index is 0.162. The summed E-state index contributed by atoms with van der Waals surface area (Å²) < 4.78 is 0. The molecule has 0 unspecified atom stereocenters. The van der Waals surface area contributed by atoms with Gasteiger partial charge in [0.05, 0.1) is 11.1 Å². The first-order valence-corrected chi connectivity index (χ1v) is 8.36. The Kier molecular flexibility index (Phi) is 6.86. The van der Waals surface area contributed by atoms with E-state index in [0.29, 0.717) is 42.0 Å². The fraction of sp³-hybridized carbons (Fsp3) is 0.300. The van der Waals surface area contributed by atoms with Crippen LogP contribution in [-0.2, 0) is 0 Å². The largest absolute Gasteiger partial charge is 0.372 e. The Hall–Kier alpha value is -3.20. The molecule has 0 aliphatic rings. The quantitative estimate of drug-likeness (QED) is 0.492. The molecule has 0 aliphatic carbocycles. The molecule has 1 amide bonds. The molecule has 2 rings (SSSR count). The van der Waals surface area contributed by atoms with E-state index in [1.807, 2.05) is 6.92 Å². The molecule has 0 aliphatic heterocycles. The summed E-state index contributed by atoms with van der Waals surface area (Å²) in [6, 6.07) is 6.80. The van der Waals surface area contributed by atoms with Gasteiger partial charge in [0.15, 0.2) is 6.29 Å². The van der Waals surface area contributed by atoms with E-state index >= 15 is 0 Å². The Morgan fingerprint density at radius 2 is 2.12 bits per heavy atom. The van der Waals surface area contributed by atoms with E-state index < -0.39 is 0 Å². The van der Waals surface area contributed by atoms with Crippen molar-refractivity contribution in [3.63, 3.8) is 0 Å². The summed E-state index contributed by atoms with van der Waals surface area (Å²) in [4.78, 5) is 33.5. The van der Waals surface area contributed by atoms with Crippen LogP contribution in [0.5, 0.6) is 0 Å². The summed E-state index contributed by atoms with van der Waals surface area (Å²) in [7, 11) is 3.52. The standard InChI is InChI=1S/C20H22N4O2/c1-15-22-13-16(19(21-2)23-15)9-5-4-8-12-24(3)20(26)18-11-7-6-10-17(18)14-25/h6-7,10-11,13-14H,4,8,12H2,1-3H3,(H,21,22,23). The van der Waals surface area contributed by atoms with Gasteiger partial charge in [-0.05, 0) is 19.4 Å². The van der Waals surface area contributed by atoms with E-state index in [-0.39, 0.29) is 5.91 Å². The van der Waals surface area contributed by atoms with E-state index in [9.17, 15) is 9.59 Å². The number of carbonyl (C=O) groups is 2. The van der Waals surface area contributed by atoms with Crippen LogP contribution in [0.2, 0.25) is 0 Å². The van der Waals surface area contributed by atoms with Gasteiger partial charge in [0.2, 0.25) is 0 Å². The second-order valence-electron chi connectivity index (χ2n) is 5.77. The lowest BCUT2D eigenvalue weighted by Crippen LogP contribution is -2.28. The minimum Gasteiger partial charge on any atom is -0.372 e. The van der Waals surface area contributed by atoms with Gasteiger partial charge in [0.25, 0.3) is 5.91 Å². The van der Waals surface area contributed by atoms with Gasteiger partial charge in [0, 0.05) is 38.8 Å². The maximum atomic E-state index is 12.4. The number of carbonyl (C=O) groups excluding carboxylic acids is 2. The van der Waals surface area contributed by atoms with Crippen LogP contribution in [-0.4, -0.2) is 47.7 Å². The fourth-order valence-electron chi connectivity index (χ4n) is 2.42. The third-order valence-electron chi connectivity index (χ3n) is 3.83. The number of nitrogens with zero attached hydrogens (tertiary/aromatic N) is 3. The van der Waals surface area contributed by atoms with Crippen LogP contribution in [0.4, 0.5) is 5.82 Å². The average Bonchev–Trinajstić information content (AvgIpc) is 2.67. The molecule has 1 aromatic carbocycles. The number of rotatable bonds is 6. The van der Waals surface area contributed by atoms with E-state index in [1.54, 1.807) is 49.5 Å². The number of amides is 1. The maximum absolute atomic E-state index is 12.4. The monoisotopic (exact) mass is 350 g/mol. The zero-order valence-electron chi connectivity index (χ0n) is 15.2. The van der Waals surface area contributed by atoms with Crippen LogP contribution in [0.1, 0.15) is 44.9 Å². The Labute approximate surface area is 153 Å². The van der Waals surface area contributed by atoms with Crippen molar-refractivity contribution in [3.05, 3.63) is 53.0 Å². The number of benzene rings is 1. The normalized spacial score (nSPS) is 9.81. The van der Waals surface area contributed by atoms with Crippen molar-refractivity contribution < 1.29 is 9.59 Å². The molecule has 1 aromatic heterocycles. The molecule has 0 bridgehead atoms. The number of nitrogens with one attached hydrogen (secondary N) is 1. The molecule has 6 nitrogen and oxygen atoms in total. The van der Waals surface area contributed by atoms with E-state index in [4.69, 9.17) is 0 Å². The van der Waals surface area contributed by atoms with Crippen LogP contribution in [0, 0.1) is 18.8 Å². The molecule has 6 heteroatoms. The lowest BCUT2D eigenvalue weighted by Gasteiger charge is -2.17. The number of aryl methyl sites for hydroxylation is 1. The fourth-order valence-corrected chi connectivity index (χ4v) is 2.42. The van der Waals surface area contributed by atoms with Crippen molar-refractivity contribution >= 4 is 18.0 Å². The highest BCUT2D eigenvalue weighted by Crippen LogP contribution is 2.11. The number of anilines is 1. The Morgan fingerprint density at radius 1 is 1.35 bits per heavy atom. The predicted molar refractivity (Wildman–Crippen MR) is 101 cm³/mol. The SMILES string of the molecule is CNc1nc(C)ncc1C#CCCCN(C)C(=O)c1ccccc1C=O. The Balaban J connectivity index is 1.90. The minimum atomic E-state index is -0.162. The van der Waals surface area contributed by atoms with E-state index in [0.717, 1.165) is 12.0 Å². The molecule has 26 heavy (non-hydrogen) atoms. The highest BCUT2D eigenvalue weighted by Gasteiger charge is 2.14. The predicted octanol–water partition coefficient (Wildman–Crippen LogP) is 2.54. The molecule has 2 aromatic rings.